The molecule has 0 saturated heterocycles. The predicted octanol–water partition coefficient (Wildman–Crippen LogP) is 6.29. The van der Waals surface area contributed by atoms with Gasteiger partial charge in [0, 0.05) is 28.8 Å². The van der Waals surface area contributed by atoms with E-state index < -0.39 is 17.7 Å². The summed E-state index contributed by atoms with van der Waals surface area (Å²) < 4.78 is 46.5. The number of benzene rings is 2. The molecule has 2 N–H and O–H groups in total. The van der Waals surface area contributed by atoms with Gasteiger partial charge in [-0.15, -0.1) is 11.3 Å². The summed E-state index contributed by atoms with van der Waals surface area (Å²) in [6, 6.07) is 17.3. The summed E-state index contributed by atoms with van der Waals surface area (Å²) in [6.45, 7) is -0.422. The lowest BCUT2D eigenvalue weighted by molar-refractivity contribution is -0.133. The van der Waals surface area contributed by atoms with Crippen molar-refractivity contribution < 1.29 is 27.6 Å². The van der Waals surface area contributed by atoms with E-state index in [1.54, 1.807) is 42.5 Å². The molecule has 36 heavy (non-hydrogen) atoms. The number of carbonyl (C=O) groups is 1. The Hall–Kier alpha value is -3.50. The van der Waals surface area contributed by atoms with E-state index in [-0.39, 0.29) is 39.9 Å². The molecule has 1 aliphatic carbocycles. The van der Waals surface area contributed by atoms with Crippen molar-refractivity contribution in [1.29, 1.82) is 0 Å². The average Bonchev–Trinajstić information content (AvgIpc) is 3.63. The molecule has 2 heterocycles. The molecule has 0 amide bonds. The smallest absolute Gasteiger partial charge is 0.389 e. The Bertz CT molecular complexity index is 1350. The SMILES string of the molecule is O=C(CO)C1CCC(Nc2ccc(-c3nc(-c4cc(-c5ccccc5)c(C(F)(F)F)s4)no3)cc2)C1. The molecule has 0 bridgehead atoms. The van der Waals surface area contributed by atoms with Crippen LogP contribution >= 0.6 is 11.3 Å². The monoisotopic (exact) mass is 513 g/mol. The summed E-state index contributed by atoms with van der Waals surface area (Å²) >= 11 is 0.587. The minimum absolute atomic E-state index is 0.0831. The summed E-state index contributed by atoms with van der Waals surface area (Å²) in [6.07, 6.45) is -2.23. The number of rotatable bonds is 7. The molecule has 0 aliphatic heterocycles. The number of alkyl halides is 3. The number of aliphatic hydroxyl groups excluding tert-OH is 1. The molecule has 1 fully saturated rings. The van der Waals surface area contributed by atoms with Crippen molar-refractivity contribution in [3.05, 3.63) is 65.5 Å². The molecule has 0 spiro atoms. The quantitative estimate of drug-likeness (QED) is 0.302. The lowest BCUT2D eigenvalue weighted by Crippen LogP contribution is -2.19. The lowest BCUT2D eigenvalue weighted by atomic mass is 10.0. The molecule has 6 nitrogen and oxygen atoms in total. The van der Waals surface area contributed by atoms with E-state index in [4.69, 9.17) is 9.63 Å². The maximum Gasteiger partial charge on any atom is 0.426 e. The van der Waals surface area contributed by atoms with Crippen molar-refractivity contribution >= 4 is 22.8 Å². The van der Waals surface area contributed by atoms with Crippen LogP contribution in [0.2, 0.25) is 0 Å². The molecule has 2 aromatic heterocycles. The molecule has 186 valence electrons. The number of ketones is 1. The van der Waals surface area contributed by atoms with Crippen LogP contribution in [0.15, 0.2) is 65.2 Å². The van der Waals surface area contributed by atoms with Crippen LogP contribution in [0.1, 0.15) is 24.1 Å². The van der Waals surface area contributed by atoms with E-state index >= 15 is 0 Å². The molecule has 4 aromatic rings. The number of hydrogen-bond donors (Lipinski definition) is 2. The fourth-order valence-corrected chi connectivity index (χ4v) is 5.44. The van der Waals surface area contributed by atoms with Gasteiger partial charge in [-0.2, -0.15) is 18.2 Å². The molecule has 1 aliphatic rings. The summed E-state index contributed by atoms with van der Waals surface area (Å²) in [4.78, 5) is 15.6. The van der Waals surface area contributed by atoms with Gasteiger partial charge in [0.1, 0.15) is 11.5 Å². The van der Waals surface area contributed by atoms with Gasteiger partial charge in [0.15, 0.2) is 5.78 Å². The summed E-state index contributed by atoms with van der Waals surface area (Å²) in [5, 5.41) is 16.4. The number of hydrogen-bond acceptors (Lipinski definition) is 7. The normalized spacial score (nSPS) is 17.9. The van der Waals surface area contributed by atoms with E-state index in [2.05, 4.69) is 15.5 Å². The first-order chi connectivity index (χ1) is 17.3. The third-order valence-corrected chi connectivity index (χ3v) is 7.44. The minimum atomic E-state index is -4.51. The van der Waals surface area contributed by atoms with Crippen LogP contribution in [0.25, 0.3) is 33.3 Å². The van der Waals surface area contributed by atoms with Crippen molar-refractivity contribution in [2.24, 2.45) is 5.92 Å². The summed E-state index contributed by atoms with van der Waals surface area (Å²) in [5.74, 6) is 0.0663. The number of Topliss-reactive ketones (excluding diaryl/α,β-unsaturated/α-hetero) is 1. The van der Waals surface area contributed by atoms with Crippen LogP contribution in [0, 0.1) is 5.92 Å². The minimum Gasteiger partial charge on any atom is -0.389 e. The number of thiophene rings is 1. The largest absolute Gasteiger partial charge is 0.426 e. The number of nitrogens with one attached hydrogen (secondary N) is 1. The fourth-order valence-electron chi connectivity index (χ4n) is 4.46. The highest BCUT2D eigenvalue weighted by atomic mass is 32.1. The van der Waals surface area contributed by atoms with Gasteiger partial charge in [0.2, 0.25) is 5.82 Å². The molecule has 2 atom stereocenters. The van der Waals surface area contributed by atoms with E-state index in [1.807, 2.05) is 12.1 Å². The van der Waals surface area contributed by atoms with Crippen molar-refractivity contribution in [3.8, 4) is 33.3 Å². The number of halogens is 3. The van der Waals surface area contributed by atoms with Gasteiger partial charge in [0.25, 0.3) is 5.89 Å². The lowest BCUT2D eigenvalue weighted by Gasteiger charge is -2.14. The maximum absolute atomic E-state index is 13.7. The molecule has 2 unspecified atom stereocenters. The highest BCUT2D eigenvalue weighted by molar-refractivity contribution is 7.16. The Kier molecular flexibility index (Phi) is 6.63. The zero-order valence-electron chi connectivity index (χ0n) is 19.0. The number of aromatic nitrogens is 2. The average molecular weight is 514 g/mol. The highest BCUT2D eigenvalue weighted by Crippen LogP contribution is 2.45. The third kappa shape index (κ3) is 5.05. The number of aliphatic hydroxyl groups is 1. The second-order valence-corrected chi connectivity index (χ2v) is 9.75. The molecule has 0 radical (unpaired) electrons. The Balaban J connectivity index is 1.33. The number of nitrogens with zero attached hydrogens (tertiary/aromatic N) is 2. The molecule has 1 saturated carbocycles. The van der Waals surface area contributed by atoms with E-state index in [1.165, 1.54) is 6.07 Å². The zero-order chi connectivity index (χ0) is 25.3. The van der Waals surface area contributed by atoms with E-state index in [9.17, 15) is 18.0 Å². The number of carbonyl (C=O) groups excluding carboxylic acids is 1. The predicted molar refractivity (Wildman–Crippen MR) is 130 cm³/mol. The van der Waals surface area contributed by atoms with Crippen LogP contribution < -0.4 is 5.32 Å². The molecular weight excluding hydrogens is 491 g/mol. The van der Waals surface area contributed by atoms with E-state index in [0.717, 1.165) is 18.5 Å². The molecular formula is C26H22F3N3O3S. The van der Waals surface area contributed by atoms with Gasteiger partial charge in [-0.05, 0) is 55.2 Å². The van der Waals surface area contributed by atoms with Crippen molar-refractivity contribution in [1.82, 2.24) is 10.1 Å². The zero-order valence-corrected chi connectivity index (χ0v) is 19.8. The van der Waals surface area contributed by atoms with Crippen LogP contribution in [0.5, 0.6) is 0 Å². The first-order valence-electron chi connectivity index (χ1n) is 11.4. The van der Waals surface area contributed by atoms with Crippen LogP contribution in [0.4, 0.5) is 18.9 Å². The topological polar surface area (TPSA) is 88.2 Å². The van der Waals surface area contributed by atoms with Gasteiger partial charge in [-0.25, -0.2) is 0 Å². The van der Waals surface area contributed by atoms with Crippen molar-refractivity contribution in [2.75, 3.05) is 11.9 Å². The third-order valence-electron chi connectivity index (χ3n) is 6.27. The molecule has 10 heteroatoms. The van der Waals surface area contributed by atoms with Crippen molar-refractivity contribution in [2.45, 2.75) is 31.5 Å². The standard InChI is InChI=1S/C26H22F3N3O3S/c27-26(28,29)23-20(15-4-2-1-3-5-15)13-22(36-23)24-31-25(35-32-24)16-6-9-18(10-7-16)30-19-11-8-17(12-19)21(34)14-33/h1-7,9-10,13,17,19,30,33H,8,11-12,14H2. The maximum atomic E-state index is 13.7. The summed E-state index contributed by atoms with van der Waals surface area (Å²) in [7, 11) is 0. The Morgan fingerprint density at radius 3 is 2.53 bits per heavy atom. The van der Waals surface area contributed by atoms with Gasteiger partial charge in [0.05, 0.1) is 4.88 Å². The van der Waals surface area contributed by atoms with Crippen LogP contribution in [0.3, 0.4) is 0 Å². The van der Waals surface area contributed by atoms with Gasteiger partial charge >= 0.3 is 6.18 Å². The Morgan fingerprint density at radius 1 is 1.08 bits per heavy atom. The summed E-state index contributed by atoms with van der Waals surface area (Å²) in [5.41, 5.74) is 2.05. The van der Waals surface area contributed by atoms with Gasteiger partial charge < -0.3 is 14.9 Å². The highest BCUT2D eigenvalue weighted by Gasteiger charge is 2.37. The van der Waals surface area contributed by atoms with Crippen LogP contribution in [-0.2, 0) is 11.0 Å². The first kappa shape index (κ1) is 24.2. The fraction of sp³-hybridized carbons (Fsp3) is 0.269. The van der Waals surface area contributed by atoms with Crippen LogP contribution in [-0.4, -0.2) is 33.7 Å². The second-order valence-electron chi connectivity index (χ2n) is 8.69. The second kappa shape index (κ2) is 9.87. The van der Waals surface area contributed by atoms with Gasteiger partial charge in [-0.3, -0.25) is 4.79 Å². The number of anilines is 1. The Labute approximate surface area is 208 Å². The van der Waals surface area contributed by atoms with Gasteiger partial charge in [-0.1, -0.05) is 35.5 Å². The molecule has 2 aromatic carbocycles. The van der Waals surface area contributed by atoms with E-state index in [0.29, 0.717) is 28.9 Å². The van der Waals surface area contributed by atoms with Crippen molar-refractivity contribution in [3.63, 3.8) is 0 Å². The Morgan fingerprint density at radius 2 is 1.83 bits per heavy atom. The molecule has 5 rings (SSSR count). The first-order valence-corrected chi connectivity index (χ1v) is 12.2.